The fourth-order valence-electron chi connectivity index (χ4n) is 4.17. The van der Waals surface area contributed by atoms with Gasteiger partial charge in [-0.15, -0.1) is 11.8 Å². The first-order valence-electron chi connectivity index (χ1n) is 10.5. The molecule has 1 aliphatic carbocycles. The van der Waals surface area contributed by atoms with E-state index in [1.807, 2.05) is 41.3 Å². The quantitative estimate of drug-likeness (QED) is 0.689. The summed E-state index contributed by atoms with van der Waals surface area (Å²) >= 11 is 1.63. The Morgan fingerprint density at radius 2 is 1.83 bits per heavy atom. The highest BCUT2D eigenvalue weighted by Crippen LogP contribution is 2.42. The van der Waals surface area contributed by atoms with Crippen molar-refractivity contribution in [3.05, 3.63) is 59.7 Å². The molecule has 152 valence electrons. The Hall–Kier alpha value is -2.27. The van der Waals surface area contributed by atoms with E-state index in [2.05, 4.69) is 31.3 Å². The molecule has 1 aliphatic heterocycles. The Labute approximate surface area is 177 Å². The van der Waals surface area contributed by atoms with Gasteiger partial charge in [0.2, 0.25) is 11.8 Å². The lowest BCUT2D eigenvalue weighted by Gasteiger charge is -2.25. The second kappa shape index (κ2) is 8.62. The van der Waals surface area contributed by atoms with Gasteiger partial charge < -0.3 is 5.32 Å². The number of nitrogens with zero attached hydrogens (tertiary/aromatic N) is 1. The number of carbonyl (C=O) groups is 2. The zero-order valence-electron chi connectivity index (χ0n) is 17.1. The van der Waals surface area contributed by atoms with Gasteiger partial charge in [0.1, 0.15) is 5.37 Å². The number of hydrogen-bond acceptors (Lipinski definition) is 3. The van der Waals surface area contributed by atoms with Crippen molar-refractivity contribution in [2.24, 2.45) is 5.92 Å². The number of amides is 2. The number of thioether (sulfide) groups is 1. The molecule has 2 amide bonds. The van der Waals surface area contributed by atoms with E-state index < -0.39 is 0 Å². The van der Waals surface area contributed by atoms with E-state index in [0.717, 1.165) is 42.6 Å². The first kappa shape index (κ1) is 20.0. The molecule has 1 atom stereocenters. The number of hydrogen-bond donors (Lipinski definition) is 1. The highest BCUT2D eigenvalue weighted by Gasteiger charge is 2.34. The van der Waals surface area contributed by atoms with Gasteiger partial charge in [0.25, 0.3) is 0 Å². The Kier molecular flexibility index (Phi) is 5.95. The Morgan fingerprint density at radius 1 is 1.10 bits per heavy atom. The standard InChI is InChI=1S/C24H28N2O2S/c1-16(2)17-10-12-21(13-11-17)26-22(27)15-29-24(26)19-8-5-9-20(14-19)25-23(28)18-6-3-4-7-18/h5,8-14,16,18,24H,3-4,6-7,15H2,1-2H3,(H,25,28)/t24-/m1/s1. The average molecular weight is 409 g/mol. The summed E-state index contributed by atoms with van der Waals surface area (Å²) in [6.07, 6.45) is 4.25. The van der Waals surface area contributed by atoms with Crippen molar-refractivity contribution in [2.75, 3.05) is 16.0 Å². The highest BCUT2D eigenvalue weighted by molar-refractivity contribution is 8.00. The smallest absolute Gasteiger partial charge is 0.238 e. The SMILES string of the molecule is CC(C)c1ccc(N2C(=O)CS[C@@H]2c2cccc(NC(=O)C3CCCC3)c2)cc1. The fraction of sp³-hybridized carbons (Fsp3) is 0.417. The number of benzene rings is 2. The Morgan fingerprint density at radius 3 is 2.52 bits per heavy atom. The van der Waals surface area contributed by atoms with Crippen LogP contribution in [0.2, 0.25) is 0 Å². The highest BCUT2D eigenvalue weighted by atomic mass is 32.2. The molecular weight excluding hydrogens is 380 g/mol. The maximum absolute atomic E-state index is 12.6. The van der Waals surface area contributed by atoms with Gasteiger partial charge in [0.05, 0.1) is 5.75 Å². The van der Waals surface area contributed by atoms with E-state index in [1.165, 1.54) is 5.56 Å². The average Bonchev–Trinajstić information content (AvgIpc) is 3.38. The molecule has 2 aromatic carbocycles. The van der Waals surface area contributed by atoms with E-state index in [4.69, 9.17) is 0 Å². The minimum atomic E-state index is -0.0734. The van der Waals surface area contributed by atoms with Crippen LogP contribution in [0.1, 0.15) is 61.9 Å². The van der Waals surface area contributed by atoms with Crippen molar-refractivity contribution in [1.29, 1.82) is 0 Å². The van der Waals surface area contributed by atoms with Gasteiger partial charge in [-0.1, -0.05) is 51.0 Å². The summed E-state index contributed by atoms with van der Waals surface area (Å²) in [5.41, 5.74) is 4.04. The second-order valence-electron chi connectivity index (χ2n) is 8.27. The zero-order chi connectivity index (χ0) is 20.4. The summed E-state index contributed by atoms with van der Waals surface area (Å²) in [5.74, 6) is 1.31. The normalized spacial score (nSPS) is 19.9. The molecule has 0 radical (unpaired) electrons. The second-order valence-corrected chi connectivity index (χ2v) is 9.34. The summed E-state index contributed by atoms with van der Waals surface area (Å²) in [7, 11) is 0. The molecule has 0 spiro atoms. The van der Waals surface area contributed by atoms with Crippen LogP contribution in [0.25, 0.3) is 0 Å². The van der Waals surface area contributed by atoms with Crippen LogP contribution in [0.5, 0.6) is 0 Å². The molecule has 1 saturated heterocycles. The van der Waals surface area contributed by atoms with Crippen molar-refractivity contribution >= 4 is 35.0 Å². The lowest BCUT2D eigenvalue weighted by Crippen LogP contribution is -2.28. The van der Waals surface area contributed by atoms with Crippen LogP contribution in [0.15, 0.2) is 48.5 Å². The molecule has 0 aromatic heterocycles. The van der Waals surface area contributed by atoms with Crippen LogP contribution in [-0.4, -0.2) is 17.6 Å². The van der Waals surface area contributed by atoms with Gasteiger partial charge in [-0.25, -0.2) is 0 Å². The number of rotatable bonds is 5. The van der Waals surface area contributed by atoms with Gasteiger partial charge >= 0.3 is 0 Å². The number of anilines is 2. The molecule has 29 heavy (non-hydrogen) atoms. The Balaban J connectivity index is 1.54. The molecule has 1 saturated carbocycles. The fourth-order valence-corrected chi connectivity index (χ4v) is 5.34. The van der Waals surface area contributed by atoms with E-state index in [1.54, 1.807) is 11.8 Å². The van der Waals surface area contributed by atoms with Crippen LogP contribution >= 0.6 is 11.8 Å². The van der Waals surface area contributed by atoms with Crippen LogP contribution in [-0.2, 0) is 9.59 Å². The van der Waals surface area contributed by atoms with Gasteiger partial charge in [-0.2, -0.15) is 0 Å². The molecule has 4 rings (SSSR count). The first-order chi connectivity index (χ1) is 14.0. The molecule has 2 aliphatic rings. The third kappa shape index (κ3) is 4.35. The zero-order valence-corrected chi connectivity index (χ0v) is 17.9. The molecule has 0 bridgehead atoms. The van der Waals surface area contributed by atoms with Gasteiger partial charge in [0, 0.05) is 17.3 Å². The van der Waals surface area contributed by atoms with Crippen LogP contribution < -0.4 is 10.2 Å². The Bertz CT molecular complexity index is 888. The predicted molar refractivity (Wildman–Crippen MR) is 120 cm³/mol. The van der Waals surface area contributed by atoms with E-state index in [-0.39, 0.29) is 23.1 Å². The molecular formula is C24H28N2O2S. The van der Waals surface area contributed by atoms with E-state index in [9.17, 15) is 9.59 Å². The molecule has 1 heterocycles. The summed E-state index contributed by atoms with van der Waals surface area (Å²) in [4.78, 5) is 27.0. The molecule has 2 fully saturated rings. The van der Waals surface area contributed by atoms with Gasteiger partial charge in [-0.05, 0) is 54.2 Å². The van der Waals surface area contributed by atoms with E-state index in [0.29, 0.717) is 11.7 Å². The summed E-state index contributed by atoms with van der Waals surface area (Å²) in [5, 5.41) is 3.01. The monoisotopic (exact) mass is 408 g/mol. The van der Waals surface area contributed by atoms with Crippen LogP contribution in [0.3, 0.4) is 0 Å². The predicted octanol–water partition coefficient (Wildman–Crippen LogP) is 5.72. The summed E-state index contributed by atoms with van der Waals surface area (Å²) < 4.78 is 0. The van der Waals surface area contributed by atoms with Crippen LogP contribution in [0, 0.1) is 5.92 Å². The third-order valence-electron chi connectivity index (χ3n) is 5.87. The molecule has 1 N–H and O–H groups in total. The minimum absolute atomic E-state index is 0.0734. The van der Waals surface area contributed by atoms with Crippen molar-refractivity contribution in [2.45, 2.75) is 50.8 Å². The first-order valence-corrected chi connectivity index (χ1v) is 11.5. The van der Waals surface area contributed by atoms with Gasteiger partial charge in [-0.3, -0.25) is 14.5 Å². The number of nitrogens with one attached hydrogen (secondary N) is 1. The molecule has 0 unspecified atom stereocenters. The third-order valence-corrected chi connectivity index (χ3v) is 7.08. The lowest BCUT2D eigenvalue weighted by molar-refractivity contribution is -0.119. The van der Waals surface area contributed by atoms with Crippen molar-refractivity contribution < 1.29 is 9.59 Å². The van der Waals surface area contributed by atoms with Crippen molar-refractivity contribution in [1.82, 2.24) is 0 Å². The molecule has 4 nitrogen and oxygen atoms in total. The largest absolute Gasteiger partial charge is 0.326 e. The summed E-state index contributed by atoms with van der Waals surface area (Å²) in [6, 6.07) is 16.2. The molecule has 2 aromatic rings. The maximum atomic E-state index is 12.6. The van der Waals surface area contributed by atoms with Crippen molar-refractivity contribution in [3.8, 4) is 0 Å². The van der Waals surface area contributed by atoms with Crippen molar-refractivity contribution in [3.63, 3.8) is 0 Å². The summed E-state index contributed by atoms with van der Waals surface area (Å²) in [6.45, 7) is 4.33. The lowest BCUT2D eigenvalue weighted by atomic mass is 10.0. The topological polar surface area (TPSA) is 49.4 Å². The van der Waals surface area contributed by atoms with Gasteiger partial charge in [0.15, 0.2) is 0 Å². The maximum Gasteiger partial charge on any atom is 0.238 e. The van der Waals surface area contributed by atoms with Crippen LogP contribution in [0.4, 0.5) is 11.4 Å². The minimum Gasteiger partial charge on any atom is -0.326 e. The molecule has 5 heteroatoms. The van der Waals surface area contributed by atoms with E-state index >= 15 is 0 Å². The number of carbonyl (C=O) groups excluding carboxylic acids is 2.